The zero-order valence-electron chi connectivity index (χ0n) is 5.90. The number of nitrogens with two attached hydrogens (primary N) is 1. The molecule has 0 aromatic carbocycles. The van der Waals surface area contributed by atoms with E-state index in [0.29, 0.717) is 10.9 Å². The van der Waals surface area contributed by atoms with E-state index in [-0.39, 0.29) is 6.04 Å². The molecule has 0 bridgehead atoms. The van der Waals surface area contributed by atoms with Gasteiger partial charge in [-0.15, -0.1) is 16.7 Å². The molecule has 2 N–H and O–H groups in total. The summed E-state index contributed by atoms with van der Waals surface area (Å²) in [4.78, 5) is 10.6. The number of nitrogens with zero attached hydrogens (tertiary/aromatic N) is 2. The Morgan fingerprint density at radius 3 is 3.00 bits per heavy atom. The van der Waals surface area contributed by atoms with Gasteiger partial charge in [-0.1, -0.05) is 12.2 Å². The fraction of sp³-hybridized carbons (Fsp3) is 0.800. The molecule has 0 aromatic rings. The SMILES string of the molecule is NC(=S)C1CCSCN1N=O. The van der Waals surface area contributed by atoms with Crippen molar-refractivity contribution in [3.8, 4) is 0 Å². The first-order chi connectivity index (χ1) is 5.25. The summed E-state index contributed by atoms with van der Waals surface area (Å²) >= 11 is 6.45. The first-order valence-electron chi connectivity index (χ1n) is 3.22. The highest BCUT2D eigenvalue weighted by Gasteiger charge is 2.24. The predicted molar refractivity (Wildman–Crippen MR) is 50.1 cm³/mol. The predicted octanol–water partition coefficient (Wildman–Crippen LogP) is 0.719. The molecule has 0 aliphatic carbocycles. The number of nitroso groups, excluding NO2 is 1. The van der Waals surface area contributed by atoms with Gasteiger partial charge in [-0.05, 0) is 12.2 Å². The fourth-order valence-corrected chi connectivity index (χ4v) is 2.13. The van der Waals surface area contributed by atoms with E-state index in [1.807, 2.05) is 0 Å². The molecule has 0 saturated carbocycles. The molecule has 1 heterocycles. The third kappa shape index (κ3) is 2.03. The first kappa shape index (κ1) is 8.73. The number of hydrogen-bond acceptors (Lipinski definition) is 4. The van der Waals surface area contributed by atoms with Crippen molar-refractivity contribution in [1.82, 2.24) is 5.01 Å². The molecular weight excluding hydrogens is 182 g/mol. The largest absolute Gasteiger partial charge is 0.392 e. The molecule has 1 atom stereocenters. The molecule has 0 aromatic heterocycles. The topological polar surface area (TPSA) is 58.7 Å². The van der Waals surface area contributed by atoms with Gasteiger partial charge < -0.3 is 5.73 Å². The van der Waals surface area contributed by atoms with Gasteiger partial charge in [0.1, 0.15) is 6.04 Å². The molecule has 0 radical (unpaired) electrons. The Morgan fingerprint density at radius 1 is 1.82 bits per heavy atom. The Bertz CT molecular complexity index is 175. The highest BCUT2D eigenvalue weighted by atomic mass is 32.2. The van der Waals surface area contributed by atoms with E-state index >= 15 is 0 Å². The molecule has 1 unspecified atom stereocenters. The maximum Gasteiger partial charge on any atom is 0.102 e. The van der Waals surface area contributed by atoms with E-state index in [4.69, 9.17) is 18.0 Å². The van der Waals surface area contributed by atoms with Gasteiger partial charge >= 0.3 is 0 Å². The van der Waals surface area contributed by atoms with Crippen molar-refractivity contribution in [2.75, 3.05) is 11.6 Å². The van der Waals surface area contributed by atoms with E-state index < -0.39 is 0 Å². The summed E-state index contributed by atoms with van der Waals surface area (Å²) in [6, 6.07) is -0.122. The van der Waals surface area contributed by atoms with Crippen molar-refractivity contribution in [1.29, 1.82) is 0 Å². The minimum Gasteiger partial charge on any atom is -0.392 e. The summed E-state index contributed by atoms with van der Waals surface area (Å²) in [5.41, 5.74) is 5.41. The van der Waals surface area contributed by atoms with Crippen LogP contribution in [0, 0.1) is 4.91 Å². The Hall–Kier alpha value is -0.360. The van der Waals surface area contributed by atoms with Crippen LogP contribution < -0.4 is 5.73 Å². The van der Waals surface area contributed by atoms with Gasteiger partial charge in [0.05, 0.1) is 16.2 Å². The van der Waals surface area contributed by atoms with Crippen LogP contribution in [0.3, 0.4) is 0 Å². The van der Waals surface area contributed by atoms with Gasteiger partial charge in [0, 0.05) is 0 Å². The third-order valence-electron chi connectivity index (χ3n) is 1.55. The van der Waals surface area contributed by atoms with Gasteiger partial charge in [0.25, 0.3) is 0 Å². The monoisotopic (exact) mass is 191 g/mol. The van der Waals surface area contributed by atoms with Crippen molar-refractivity contribution in [2.24, 2.45) is 11.0 Å². The maximum absolute atomic E-state index is 10.2. The van der Waals surface area contributed by atoms with E-state index in [1.54, 1.807) is 11.8 Å². The second kappa shape index (κ2) is 3.87. The number of thioether (sulfide) groups is 1. The van der Waals surface area contributed by atoms with Gasteiger partial charge in [0.2, 0.25) is 0 Å². The number of hydrogen-bond donors (Lipinski definition) is 1. The summed E-state index contributed by atoms with van der Waals surface area (Å²) in [6.45, 7) is 0. The molecule has 4 nitrogen and oxygen atoms in total. The van der Waals surface area contributed by atoms with Gasteiger partial charge in [-0.25, -0.2) is 5.01 Å². The molecule has 1 aliphatic heterocycles. The maximum atomic E-state index is 10.2. The van der Waals surface area contributed by atoms with Crippen LogP contribution in [0.4, 0.5) is 0 Å². The van der Waals surface area contributed by atoms with Crippen LogP contribution in [0.2, 0.25) is 0 Å². The Balaban J connectivity index is 2.58. The molecule has 0 spiro atoms. The quantitative estimate of drug-likeness (QED) is 0.515. The lowest BCUT2D eigenvalue weighted by Gasteiger charge is -2.28. The second-order valence-corrected chi connectivity index (χ2v) is 3.81. The highest BCUT2D eigenvalue weighted by molar-refractivity contribution is 7.99. The van der Waals surface area contributed by atoms with Gasteiger partial charge in [0.15, 0.2) is 0 Å². The van der Waals surface area contributed by atoms with Crippen molar-refractivity contribution in [2.45, 2.75) is 12.5 Å². The minimum absolute atomic E-state index is 0.122. The van der Waals surface area contributed by atoms with Crippen LogP contribution in [-0.4, -0.2) is 27.7 Å². The van der Waals surface area contributed by atoms with E-state index in [9.17, 15) is 4.91 Å². The lowest BCUT2D eigenvalue weighted by Crippen LogP contribution is -2.43. The van der Waals surface area contributed by atoms with Crippen molar-refractivity contribution < 1.29 is 0 Å². The molecule has 1 rings (SSSR count). The third-order valence-corrected chi connectivity index (χ3v) is 2.80. The summed E-state index contributed by atoms with van der Waals surface area (Å²) in [7, 11) is 0. The Kier molecular flexibility index (Phi) is 3.07. The first-order valence-corrected chi connectivity index (χ1v) is 4.79. The summed E-state index contributed by atoms with van der Waals surface area (Å²) < 4.78 is 0. The van der Waals surface area contributed by atoms with E-state index in [1.165, 1.54) is 5.01 Å². The molecule has 0 amide bonds. The smallest absolute Gasteiger partial charge is 0.102 e. The molecule has 62 valence electrons. The standard InChI is InChI=1S/C5H9N3OS2/c6-5(10)4-1-2-11-3-8(4)7-9/h4H,1-3H2,(H2,6,10). The zero-order chi connectivity index (χ0) is 8.27. The Morgan fingerprint density at radius 2 is 2.55 bits per heavy atom. The zero-order valence-corrected chi connectivity index (χ0v) is 7.53. The highest BCUT2D eigenvalue weighted by Crippen LogP contribution is 2.20. The van der Waals surface area contributed by atoms with Gasteiger partial charge in [-0.3, -0.25) is 0 Å². The van der Waals surface area contributed by atoms with Crippen LogP contribution in [0.15, 0.2) is 5.29 Å². The lowest BCUT2D eigenvalue weighted by molar-refractivity contribution is 0.283. The average Bonchev–Trinajstić information content (AvgIpc) is 2.04. The summed E-state index contributed by atoms with van der Waals surface area (Å²) in [6.07, 6.45) is 0.825. The molecule has 11 heavy (non-hydrogen) atoms. The van der Waals surface area contributed by atoms with Crippen LogP contribution in [0.1, 0.15) is 6.42 Å². The van der Waals surface area contributed by atoms with Crippen molar-refractivity contribution in [3.05, 3.63) is 4.91 Å². The average molecular weight is 191 g/mol. The van der Waals surface area contributed by atoms with E-state index in [0.717, 1.165) is 12.2 Å². The van der Waals surface area contributed by atoms with Crippen LogP contribution in [0.5, 0.6) is 0 Å². The lowest BCUT2D eigenvalue weighted by atomic mass is 10.2. The molecule has 1 aliphatic rings. The minimum atomic E-state index is -0.122. The second-order valence-electron chi connectivity index (χ2n) is 2.27. The van der Waals surface area contributed by atoms with E-state index in [2.05, 4.69) is 5.29 Å². The van der Waals surface area contributed by atoms with Gasteiger partial charge in [-0.2, -0.15) is 0 Å². The van der Waals surface area contributed by atoms with Crippen molar-refractivity contribution in [3.63, 3.8) is 0 Å². The molecule has 1 saturated heterocycles. The van der Waals surface area contributed by atoms with Crippen molar-refractivity contribution >= 4 is 29.0 Å². The Labute approximate surface area is 74.4 Å². The normalized spacial score (nSPS) is 24.7. The van der Waals surface area contributed by atoms with Crippen LogP contribution >= 0.6 is 24.0 Å². The van der Waals surface area contributed by atoms with Crippen LogP contribution in [-0.2, 0) is 0 Å². The number of thiocarbonyl (C=S) groups is 1. The summed E-state index contributed by atoms with van der Waals surface area (Å²) in [5.74, 6) is 1.60. The molecule has 6 heteroatoms. The van der Waals surface area contributed by atoms with Crippen LogP contribution in [0.25, 0.3) is 0 Å². The summed E-state index contributed by atoms with van der Waals surface area (Å²) in [5, 5.41) is 4.24. The number of rotatable bonds is 2. The molecule has 1 fully saturated rings. The molecular formula is C5H9N3OS2. The fourth-order valence-electron chi connectivity index (χ4n) is 0.962.